The number of hydrogen-bond donors (Lipinski definition) is 5. The van der Waals surface area contributed by atoms with Crippen LogP contribution in [0.15, 0.2) is 95.3 Å². The highest BCUT2D eigenvalue weighted by molar-refractivity contribution is 6.04. The Kier molecular flexibility index (Phi) is 9.34. The highest BCUT2D eigenvalue weighted by atomic mass is 16.5. The predicted molar refractivity (Wildman–Crippen MR) is 172 cm³/mol. The minimum absolute atomic E-state index is 0.0979. The Morgan fingerprint density at radius 2 is 1.79 bits per heavy atom. The van der Waals surface area contributed by atoms with E-state index in [1.807, 2.05) is 60.2 Å². The van der Waals surface area contributed by atoms with E-state index in [0.717, 1.165) is 53.9 Å². The van der Waals surface area contributed by atoms with Crippen LogP contribution in [0.4, 0.5) is 5.69 Å². The lowest BCUT2D eigenvalue weighted by atomic mass is 9.95. The number of allylic oxidation sites excluding steroid dienone is 3. The normalized spacial score (nSPS) is 17.4. The molecule has 2 aliphatic heterocycles. The van der Waals surface area contributed by atoms with Crippen molar-refractivity contribution >= 4 is 23.4 Å². The molecule has 9 heteroatoms. The number of ether oxygens (including phenoxy) is 1. The lowest BCUT2D eigenvalue weighted by Gasteiger charge is -2.24. The maximum absolute atomic E-state index is 13.6. The van der Waals surface area contributed by atoms with Gasteiger partial charge in [0, 0.05) is 80.2 Å². The molecule has 5 rings (SSSR count). The SMILES string of the molecule is CN/C=C(\C=N)C1=CNC(N)C(c2ccc(NC(=O)c3cn(CC4CCOCC4)cc(-c4ccc(C)cc4)c3=O)cc2)=C1. The molecular formula is C34H38N6O3. The third-order valence-corrected chi connectivity index (χ3v) is 7.83. The van der Waals surface area contributed by atoms with Gasteiger partial charge in [0.1, 0.15) is 11.7 Å². The first-order valence-electron chi connectivity index (χ1n) is 14.5. The highest BCUT2D eigenvalue weighted by Crippen LogP contribution is 2.26. The van der Waals surface area contributed by atoms with Crippen molar-refractivity contribution in [3.05, 3.63) is 117 Å². The number of dihydropyridines is 1. The number of carbonyl (C=O) groups excluding carboxylic acids is 1. The number of rotatable bonds is 9. The fraction of sp³-hybridized carbons (Fsp3) is 0.265. The number of nitrogens with one attached hydrogen (secondary N) is 4. The Morgan fingerprint density at radius 3 is 2.47 bits per heavy atom. The number of amides is 1. The summed E-state index contributed by atoms with van der Waals surface area (Å²) in [5.74, 6) is -0.0413. The van der Waals surface area contributed by atoms with Gasteiger partial charge in [-0.2, -0.15) is 0 Å². The number of anilines is 1. The minimum atomic E-state index is -0.458. The van der Waals surface area contributed by atoms with Gasteiger partial charge in [0.25, 0.3) is 5.91 Å². The third-order valence-electron chi connectivity index (χ3n) is 7.83. The van der Waals surface area contributed by atoms with Gasteiger partial charge in [0.2, 0.25) is 5.43 Å². The van der Waals surface area contributed by atoms with Crippen molar-refractivity contribution in [2.24, 2.45) is 11.7 Å². The van der Waals surface area contributed by atoms with Crippen LogP contribution < -0.4 is 27.1 Å². The number of pyridine rings is 1. The Morgan fingerprint density at radius 1 is 1.09 bits per heavy atom. The summed E-state index contributed by atoms with van der Waals surface area (Å²) in [6.45, 7) is 4.16. The number of nitrogens with zero attached hydrogens (tertiary/aromatic N) is 1. The first-order chi connectivity index (χ1) is 20.9. The molecular weight excluding hydrogens is 540 g/mol. The van der Waals surface area contributed by atoms with Crippen LogP contribution in [-0.2, 0) is 11.3 Å². The third kappa shape index (κ3) is 7.02. The van der Waals surface area contributed by atoms with Crippen LogP contribution in [0.2, 0.25) is 0 Å². The van der Waals surface area contributed by atoms with Gasteiger partial charge in [0.15, 0.2) is 0 Å². The largest absolute Gasteiger partial charge is 0.393 e. The molecule has 1 saturated heterocycles. The molecule has 1 aromatic heterocycles. The van der Waals surface area contributed by atoms with E-state index in [-0.39, 0.29) is 11.0 Å². The molecule has 0 aliphatic carbocycles. The zero-order valence-corrected chi connectivity index (χ0v) is 24.5. The lowest BCUT2D eigenvalue weighted by molar-refractivity contribution is 0.0612. The van der Waals surface area contributed by atoms with Crippen molar-refractivity contribution in [1.82, 2.24) is 15.2 Å². The van der Waals surface area contributed by atoms with E-state index in [4.69, 9.17) is 15.9 Å². The summed E-state index contributed by atoms with van der Waals surface area (Å²) < 4.78 is 7.50. The first-order valence-corrected chi connectivity index (χ1v) is 14.5. The molecule has 1 fully saturated rings. The topological polar surface area (TPSA) is 134 Å². The van der Waals surface area contributed by atoms with E-state index in [2.05, 4.69) is 16.0 Å². The van der Waals surface area contributed by atoms with E-state index < -0.39 is 12.1 Å². The standard InChI is InChI=1S/C34H38N6O3/c1-22-3-5-25(6-4-22)30-20-40(19-23-11-13-43-14-12-23)21-31(32(30)41)34(42)39-28-9-7-24(8-10-28)29-15-26(18-38-33(29)36)27(16-35)17-37-2/h3-10,15-18,20-21,23,33,35,37-38H,11-14,19,36H2,1-2H3,(H,39,42)/b27-17+,35-16?. The molecule has 222 valence electrons. The van der Waals surface area contributed by atoms with E-state index in [1.165, 1.54) is 6.21 Å². The van der Waals surface area contributed by atoms with Gasteiger partial charge in [-0.25, -0.2) is 0 Å². The molecule has 2 aromatic carbocycles. The first kappa shape index (κ1) is 29.8. The van der Waals surface area contributed by atoms with Crippen LogP contribution in [0.25, 0.3) is 16.7 Å². The van der Waals surface area contributed by atoms with Crippen LogP contribution in [0.3, 0.4) is 0 Å². The number of hydrogen-bond acceptors (Lipinski definition) is 7. The van der Waals surface area contributed by atoms with Crippen LogP contribution >= 0.6 is 0 Å². The number of benzene rings is 2. The highest BCUT2D eigenvalue weighted by Gasteiger charge is 2.20. The summed E-state index contributed by atoms with van der Waals surface area (Å²) in [4.78, 5) is 27.2. The maximum Gasteiger partial charge on any atom is 0.261 e. The Balaban J connectivity index is 1.41. The van der Waals surface area contributed by atoms with Crippen molar-refractivity contribution in [2.75, 3.05) is 25.6 Å². The molecule has 0 radical (unpaired) electrons. The second kappa shape index (κ2) is 13.5. The predicted octanol–water partition coefficient (Wildman–Crippen LogP) is 4.41. The number of aryl methyl sites for hydroxylation is 1. The van der Waals surface area contributed by atoms with Gasteiger partial charge >= 0.3 is 0 Å². The minimum Gasteiger partial charge on any atom is -0.393 e. The molecule has 2 aliphatic rings. The molecule has 9 nitrogen and oxygen atoms in total. The van der Waals surface area contributed by atoms with E-state index in [1.54, 1.807) is 37.8 Å². The van der Waals surface area contributed by atoms with Crippen molar-refractivity contribution < 1.29 is 9.53 Å². The molecule has 1 atom stereocenters. The molecule has 1 unspecified atom stereocenters. The zero-order valence-electron chi connectivity index (χ0n) is 24.5. The summed E-state index contributed by atoms with van der Waals surface area (Å²) in [5.41, 5.74) is 12.3. The van der Waals surface area contributed by atoms with Crippen LogP contribution in [0, 0.1) is 18.3 Å². The molecule has 0 spiro atoms. The van der Waals surface area contributed by atoms with E-state index >= 15 is 0 Å². The molecule has 0 bridgehead atoms. The summed E-state index contributed by atoms with van der Waals surface area (Å²) in [5, 5.41) is 16.7. The molecule has 6 N–H and O–H groups in total. The molecule has 3 heterocycles. The average Bonchev–Trinajstić information content (AvgIpc) is 3.02. The van der Waals surface area contributed by atoms with Gasteiger partial charge in [-0.15, -0.1) is 0 Å². The maximum atomic E-state index is 13.6. The molecule has 1 amide bonds. The second-order valence-electron chi connectivity index (χ2n) is 10.9. The van der Waals surface area contributed by atoms with Gasteiger partial charge in [-0.1, -0.05) is 42.0 Å². The molecule has 3 aromatic rings. The Hall–Kier alpha value is -4.73. The van der Waals surface area contributed by atoms with Crippen molar-refractivity contribution in [1.29, 1.82) is 5.41 Å². The second-order valence-corrected chi connectivity index (χ2v) is 10.9. The van der Waals surface area contributed by atoms with Crippen molar-refractivity contribution in [3.63, 3.8) is 0 Å². The fourth-order valence-corrected chi connectivity index (χ4v) is 5.37. The van der Waals surface area contributed by atoms with Crippen LogP contribution in [0.1, 0.15) is 34.3 Å². The number of nitrogens with two attached hydrogens (primary N) is 1. The Labute approximate surface area is 251 Å². The Bertz CT molecular complexity index is 1630. The number of carbonyl (C=O) groups is 1. The quantitative estimate of drug-likeness (QED) is 0.239. The van der Waals surface area contributed by atoms with Crippen molar-refractivity contribution in [2.45, 2.75) is 32.5 Å². The summed E-state index contributed by atoms with van der Waals surface area (Å²) in [7, 11) is 1.78. The average molecular weight is 579 g/mol. The molecule has 43 heavy (non-hydrogen) atoms. The van der Waals surface area contributed by atoms with Gasteiger partial charge in [-0.3, -0.25) is 9.59 Å². The van der Waals surface area contributed by atoms with Gasteiger partial charge in [0.05, 0.1) is 0 Å². The van der Waals surface area contributed by atoms with E-state index in [9.17, 15) is 9.59 Å². The van der Waals surface area contributed by atoms with Gasteiger partial charge in [-0.05, 0) is 60.6 Å². The van der Waals surface area contributed by atoms with Crippen molar-refractivity contribution in [3.8, 4) is 11.1 Å². The number of aromatic nitrogens is 1. The lowest BCUT2D eigenvalue weighted by Crippen LogP contribution is -2.37. The fourth-order valence-electron chi connectivity index (χ4n) is 5.37. The summed E-state index contributed by atoms with van der Waals surface area (Å²) in [6.07, 6.45) is 11.8. The van der Waals surface area contributed by atoms with Gasteiger partial charge < -0.3 is 36.4 Å². The molecule has 0 saturated carbocycles. The summed E-state index contributed by atoms with van der Waals surface area (Å²) >= 11 is 0. The van der Waals surface area contributed by atoms with Crippen LogP contribution in [-0.4, -0.2) is 43.1 Å². The monoisotopic (exact) mass is 578 g/mol. The zero-order chi connectivity index (χ0) is 30.3. The van der Waals surface area contributed by atoms with Crippen LogP contribution in [0.5, 0.6) is 0 Å². The van der Waals surface area contributed by atoms with E-state index in [0.29, 0.717) is 29.3 Å². The smallest absolute Gasteiger partial charge is 0.261 e. The summed E-state index contributed by atoms with van der Waals surface area (Å²) in [6, 6.07) is 15.1.